The van der Waals surface area contributed by atoms with Crippen molar-refractivity contribution in [1.29, 1.82) is 0 Å². The van der Waals surface area contributed by atoms with E-state index in [0.29, 0.717) is 12.8 Å². The lowest BCUT2D eigenvalue weighted by Gasteiger charge is -2.26. The minimum Gasteiger partial charge on any atom is -0.332 e. The second-order valence-electron chi connectivity index (χ2n) is 7.22. The lowest BCUT2D eigenvalue weighted by Crippen LogP contribution is -2.50. The third-order valence-electron chi connectivity index (χ3n) is 5.09. The number of rotatable bonds is 6. The number of nitrogens with zero attached hydrogens (tertiary/aromatic N) is 1. The van der Waals surface area contributed by atoms with Crippen molar-refractivity contribution < 1.29 is 9.63 Å². The quantitative estimate of drug-likeness (QED) is 0.678. The van der Waals surface area contributed by atoms with Gasteiger partial charge in [-0.3, -0.25) is 9.63 Å². The van der Waals surface area contributed by atoms with Gasteiger partial charge < -0.3 is 11.1 Å². The van der Waals surface area contributed by atoms with E-state index in [1.807, 2.05) is 91.0 Å². The molecule has 0 radical (unpaired) electrons. The molecule has 3 aromatic carbocycles. The zero-order valence-electron chi connectivity index (χ0n) is 16.1. The fourth-order valence-electron chi connectivity index (χ4n) is 3.58. The maximum absolute atomic E-state index is 12.8. The fourth-order valence-corrected chi connectivity index (χ4v) is 3.58. The summed E-state index contributed by atoms with van der Waals surface area (Å²) >= 11 is 0. The number of para-hydroxylation sites is 1. The number of amides is 1. The number of nitrogens with one attached hydrogen (secondary N) is 1. The van der Waals surface area contributed by atoms with Crippen molar-refractivity contribution in [1.82, 2.24) is 5.32 Å². The van der Waals surface area contributed by atoms with Crippen LogP contribution in [-0.2, 0) is 16.1 Å². The van der Waals surface area contributed by atoms with Crippen LogP contribution in [-0.4, -0.2) is 18.1 Å². The van der Waals surface area contributed by atoms with Crippen LogP contribution in [0, 0.1) is 0 Å². The number of anilines is 1. The third-order valence-corrected chi connectivity index (χ3v) is 5.09. The minimum atomic E-state index is -0.620. The first-order valence-electron chi connectivity index (χ1n) is 9.86. The molecule has 0 aromatic heterocycles. The number of hydroxylamine groups is 1. The summed E-state index contributed by atoms with van der Waals surface area (Å²) in [6.45, 7) is 0. The van der Waals surface area contributed by atoms with Crippen LogP contribution >= 0.6 is 0 Å². The standard InChI is InChI=1S/C24H25N3O2/c25-21(16-18-10-4-1-5-11-18)24(28)26-23-17-22(19-12-6-2-7-13-19)29-27(23)20-14-8-3-9-15-20/h1-15,21-23H,16-17,25H2,(H,26,28)/t21-,22+,23-/m0/s1. The Morgan fingerprint density at radius 3 is 2.21 bits per heavy atom. The second-order valence-corrected chi connectivity index (χ2v) is 7.22. The van der Waals surface area contributed by atoms with E-state index >= 15 is 0 Å². The summed E-state index contributed by atoms with van der Waals surface area (Å²) in [5, 5.41) is 4.87. The van der Waals surface area contributed by atoms with E-state index in [4.69, 9.17) is 10.6 Å². The van der Waals surface area contributed by atoms with Crippen molar-refractivity contribution in [2.75, 3.05) is 5.06 Å². The predicted molar refractivity (Wildman–Crippen MR) is 114 cm³/mol. The average molecular weight is 387 g/mol. The highest BCUT2D eigenvalue weighted by Gasteiger charge is 2.36. The molecule has 5 nitrogen and oxygen atoms in total. The zero-order valence-corrected chi connectivity index (χ0v) is 16.1. The number of benzene rings is 3. The molecule has 0 saturated carbocycles. The first-order valence-corrected chi connectivity index (χ1v) is 9.86. The van der Waals surface area contributed by atoms with Gasteiger partial charge >= 0.3 is 0 Å². The van der Waals surface area contributed by atoms with Crippen LogP contribution in [0.25, 0.3) is 0 Å². The number of nitrogens with two attached hydrogens (primary N) is 1. The Morgan fingerprint density at radius 2 is 1.55 bits per heavy atom. The molecule has 148 valence electrons. The topological polar surface area (TPSA) is 67.6 Å². The summed E-state index contributed by atoms with van der Waals surface area (Å²) in [5.74, 6) is -0.183. The molecule has 29 heavy (non-hydrogen) atoms. The molecule has 1 aliphatic rings. The maximum atomic E-state index is 12.8. The molecule has 1 saturated heterocycles. The molecule has 0 aliphatic carbocycles. The zero-order chi connectivity index (χ0) is 20.1. The van der Waals surface area contributed by atoms with Gasteiger partial charge in [0.1, 0.15) is 12.3 Å². The van der Waals surface area contributed by atoms with Gasteiger partial charge in [0.15, 0.2) is 0 Å². The van der Waals surface area contributed by atoms with Crippen LogP contribution in [0.1, 0.15) is 23.7 Å². The normalized spacial score (nSPS) is 19.7. The molecular formula is C24H25N3O2. The first-order chi connectivity index (χ1) is 14.2. The Kier molecular flexibility index (Phi) is 5.89. The Labute approximate surface area is 171 Å². The van der Waals surface area contributed by atoms with E-state index in [2.05, 4.69) is 5.32 Å². The maximum Gasteiger partial charge on any atom is 0.238 e. The van der Waals surface area contributed by atoms with Crippen LogP contribution < -0.4 is 16.1 Å². The van der Waals surface area contributed by atoms with Crippen LogP contribution in [0.3, 0.4) is 0 Å². The third kappa shape index (κ3) is 4.65. The van der Waals surface area contributed by atoms with Crippen LogP contribution in [0.4, 0.5) is 5.69 Å². The van der Waals surface area contributed by atoms with Crippen LogP contribution in [0.2, 0.25) is 0 Å². The minimum absolute atomic E-state index is 0.132. The Morgan fingerprint density at radius 1 is 0.966 bits per heavy atom. The number of carbonyl (C=O) groups excluding carboxylic acids is 1. The summed E-state index contributed by atoms with van der Waals surface area (Å²) in [4.78, 5) is 19.0. The van der Waals surface area contributed by atoms with Crippen molar-refractivity contribution in [3.63, 3.8) is 0 Å². The highest BCUT2D eigenvalue weighted by atomic mass is 16.7. The second kappa shape index (κ2) is 8.90. The van der Waals surface area contributed by atoms with E-state index in [1.165, 1.54) is 0 Å². The molecule has 0 bridgehead atoms. The van der Waals surface area contributed by atoms with Gasteiger partial charge in [0, 0.05) is 6.42 Å². The first kappa shape index (κ1) is 19.2. The summed E-state index contributed by atoms with van der Waals surface area (Å²) in [6.07, 6.45) is 0.708. The Hall–Kier alpha value is -3.15. The summed E-state index contributed by atoms with van der Waals surface area (Å²) in [7, 11) is 0. The van der Waals surface area contributed by atoms with E-state index in [1.54, 1.807) is 5.06 Å². The molecule has 4 rings (SSSR count). The predicted octanol–water partition coefficient (Wildman–Crippen LogP) is 3.58. The molecule has 1 aliphatic heterocycles. The monoisotopic (exact) mass is 387 g/mol. The average Bonchev–Trinajstić information content (AvgIpc) is 3.19. The lowest BCUT2D eigenvalue weighted by atomic mass is 10.0. The van der Waals surface area contributed by atoms with Gasteiger partial charge in [0.05, 0.1) is 11.7 Å². The Bertz CT molecular complexity index is 919. The van der Waals surface area contributed by atoms with Gasteiger partial charge in [0.2, 0.25) is 5.91 Å². The molecule has 0 spiro atoms. The van der Waals surface area contributed by atoms with E-state index in [-0.39, 0.29) is 18.2 Å². The molecule has 3 aromatic rings. The molecule has 5 heteroatoms. The van der Waals surface area contributed by atoms with Crippen molar-refractivity contribution in [3.05, 3.63) is 102 Å². The van der Waals surface area contributed by atoms with E-state index in [0.717, 1.165) is 16.8 Å². The highest BCUT2D eigenvalue weighted by molar-refractivity contribution is 5.82. The van der Waals surface area contributed by atoms with Crippen molar-refractivity contribution in [2.45, 2.75) is 31.2 Å². The van der Waals surface area contributed by atoms with Crippen LogP contribution in [0.15, 0.2) is 91.0 Å². The summed E-state index contributed by atoms with van der Waals surface area (Å²) < 4.78 is 0. The van der Waals surface area contributed by atoms with Gasteiger partial charge in [0.25, 0.3) is 0 Å². The Balaban J connectivity index is 1.49. The molecule has 0 unspecified atom stereocenters. The smallest absolute Gasteiger partial charge is 0.238 e. The molecular weight excluding hydrogens is 362 g/mol. The van der Waals surface area contributed by atoms with Gasteiger partial charge in [-0.25, -0.2) is 5.06 Å². The summed E-state index contributed by atoms with van der Waals surface area (Å²) in [5.41, 5.74) is 9.21. The molecule has 3 atom stereocenters. The van der Waals surface area contributed by atoms with Crippen molar-refractivity contribution in [3.8, 4) is 0 Å². The number of hydrogen-bond donors (Lipinski definition) is 2. The van der Waals surface area contributed by atoms with Gasteiger partial charge in [-0.05, 0) is 29.7 Å². The van der Waals surface area contributed by atoms with Gasteiger partial charge in [-0.2, -0.15) is 0 Å². The number of hydrogen-bond acceptors (Lipinski definition) is 4. The van der Waals surface area contributed by atoms with Gasteiger partial charge in [-0.15, -0.1) is 0 Å². The van der Waals surface area contributed by atoms with Gasteiger partial charge in [-0.1, -0.05) is 78.9 Å². The van der Waals surface area contributed by atoms with Crippen molar-refractivity contribution in [2.24, 2.45) is 5.73 Å². The highest BCUT2D eigenvalue weighted by Crippen LogP contribution is 2.35. The molecule has 1 heterocycles. The SMILES string of the molecule is N[C@@H](Cc1ccccc1)C(=O)N[C@@H]1C[C@H](c2ccccc2)ON1c1ccccc1. The molecule has 3 N–H and O–H groups in total. The van der Waals surface area contributed by atoms with Crippen molar-refractivity contribution >= 4 is 11.6 Å². The number of carbonyl (C=O) groups is 1. The lowest BCUT2D eigenvalue weighted by molar-refractivity contribution is -0.123. The van der Waals surface area contributed by atoms with E-state index < -0.39 is 6.04 Å². The summed E-state index contributed by atoms with van der Waals surface area (Å²) in [6, 6.07) is 29.0. The fraction of sp³-hybridized carbons (Fsp3) is 0.208. The van der Waals surface area contributed by atoms with E-state index in [9.17, 15) is 4.79 Å². The van der Waals surface area contributed by atoms with Crippen LogP contribution in [0.5, 0.6) is 0 Å². The largest absolute Gasteiger partial charge is 0.332 e. The molecule has 1 fully saturated rings. The molecule has 1 amide bonds.